The van der Waals surface area contributed by atoms with Gasteiger partial charge in [0.25, 0.3) is 12.9 Å². The summed E-state index contributed by atoms with van der Waals surface area (Å²) in [5.74, 6) is 0. The minimum absolute atomic E-state index is 0.105. The Hall–Kier alpha value is -1.68. The lowest BCUT2D eigenvalue weighted by Gasteiger charge is -2.06. The van der Waals surface area contributed by atoms with Gasteiger partial charge in [0.2, 0.25) is 6.08 Å². The predicted molar refractivity (Wildman–Crippen MR) is 35.9 cm³/mol. The van der Waals surface area contributed by atoms with Gasteiger partial charge < -0.3 is 9.47 Å². The first-order chi connectivity index (χ1) is 5.85. The topological polar surface area (TPSA) is 82.0 Å². The quantitative estimate of drug-likeness (QED) is 0.281. The van der Waals surface area contributed by atoms with Crippen molar-refractivity contribution in [3.63, 3.8) is 0 Å². The number of carbonyl (C=O) groups excluding carboxylic acids is 3. The Morgan fingerprint density at radius 2 is 1.75 bits per heavy atom. The molecule has 0 amide bonds. The average molecular weight is 173 g/mol. The molecule has 0 atom stereocenters. The molecular weight excluding hydrogens is 166 g/mol. The van der Waals surface area contributed by atoms with E-state index in [1.54, 1.807) is 0 Å². The zero-order chi connectivity index (χ0) is 9.23. The van der Waals surface area contributed by atoms with Crippen LogP contribution in [0.1, 0.15) is 0 Å². The molecule has 0 aromatic carbocycles. The van der Waals surface area contributed by atoms with Gasteiger partial charge in [-0.2, -0.15) is 4.99 Å². The molecule has 0 aliphatic carbocycles. The molecule has 0 heterocycles. The maximum absolute atomic E-state index is 9.76. The lowest BCUT2D eigenvalue weighted by molar-refractivity contribution is -0.131. The highest BCUT2D eigenvalue weighted by Gasteiger charge is 2.07. The minimum Gasteiger partial charge on any atom is -0.465 e. The molecule has 0 aliphatic heterocycles. The molecule has 0 radical (unpaired) electrons. The summed E-state index contributed by atoms with van der Waals surface area (Å²) in [6, 6.07) is -0.669. The van der Waals surface area contributed by atoms with E-state index in [-0.39, 0.29) is 26.2 Å². The lowest BCUT2D eigenvalue weighted by atomic mass is 10.3. The standard InChI is InChI=1S/C6H7NO5/c8-3-7-6(1-11-4-9)2-12-5-10/h4-6H,1-2H2. The van der Waals surface area contributed by atoms with Crippen LogP contribution in [0.3, 0.4) is 0 Å². The van der Waals surface area contributed by atoms with Crippen molar-refractivity contribution >= 4 is 19.0 Å². The summed E-state index contributed by atoms with van der Waals surface area (Å²) in [6.45, 7) is 0.224. The fourth-order valence-electron chi connectivity index (χ4n) is 0.498. The average Bonchev–Trinajstić information content (AvgIpc) is 2.10. The van der Waals surface area contributed by atoms with Crippen molar-refractivity contribution in [3.8, 4) is 0 Å². The van der Waals surface area contributed by atoms with Crippen molar-refractivity contribution in [2.75, 3.05) is 13.2 Å². The van der Waals surface area contributed by atoms with E-state index in [1.165, 1.54) is 6.08 Å². The number of hydrogen-bond acceptors (Lipinski definition) is 6. The van der Waals surface area contributed by atoms with Crippen LogP contribution in [0.4, 0.5) is 0 Å². The van der Waals surface area contributed by atoms with E-state index in [1.807, 2.05) is 0 Å². The molecule has 0 fully saturated rings. The number of rotatable bonds is 7. The van der Waals surface area contributed by atoms with E-state index in [0.29, 0.717) is 0 Å². The third kappa shape index (κ3) is 5.13. The Kier molecular flexibility index (Phi) is 6.39. The van der Waals surface area contributed by atoms with Gasteiger partial charge in [0.05, 0.1) is 0 Å². The Balaban J connectivity index is 3.76. The van der Waals surface area contributed by atoms with Crippen molar-refractivity contribution in [3.05, 3.63) is 0 Å². The van der Waals surface area contributed by atoms with Gasteiger partial charge in [0, 0.05) is 0 Å². The summed E-state index contributed by atoms with van der Waals surface area (Å²) in [7, 11) is 0. The first-order valence-corrected chi connectivity index (χ1v) is 3.02. The molecule has 6 nitrogen and oxygen atoms in total. The molecule has 0 aliphatic rings. The molecule has 0 aromatic heterocycles. The van der Waals surface area contributed by atoms with E-state index in [9.17, 15) is 14.4 Å². The van der Waals surface area contributed by atoms with E-state index in [2.05, 4.69) is 14.5 Å². The van der Waals surface area contributed by atoms with Crippen LogP contribution in [-0.4, -0.2) is 38.3 Å². The molecule has 0 N–H and O–H groups in total. The molecule has 12 heavy (non-hydrogen) atoms. The van der Waals surface area contributed by atoms with Gasteiger partial charge in [-0.1, -0.05) is 0 Å². The maximum atomic E-state index is 9.76. The van der Waals surface area contributed by atoms with Crippen LogP contribution in [0.25, 0.3) is 0 Å². The van der Waals surface area contributed by atoms with Gasteiger partial charge in [-0.3, -0.25) is 9.59 Å². The molecule has 6 heteroatoms. The molecule has 0 spiro atoms. The SMILES string of the molecule is O=C=NC(COC=O)COC=O. The Labute approximate surface area is 68.2 Å². The van der Waals surface area contributed by atoms with Crippen molar-refractivity contribution in [1.29, 1.82) is 0 Å². The zero-order valence-electron chi connectivity index (χ0n) is 6.13. The number of ether oxygens (including phenoxy) is 2. The molecule has 66 valence electrons. The van der Waals surface area contributed by atoms with Crippen LogP contribution < -0.4 is 0 Å². The fourth-order valence-corrected chi connectivity index (χ4v) is 0.498. The molecule has 0 saturated heterocycles. The van der Waals surface area contributed by atoms with Gasteiger partial charge in [-0.05, 0) is 0 Å². The Morgan fingerprint density at radius 1 is 1.25 bits per heavy atom. The number of nitrogens with zero attached hydrogens (tertiary/aromatic N) is 1. The number of isocyanates is 1. The van der Waals surface area contributed by atoms with Gasteiger partial charge in [-0.25, -0.2) is 4.79 Å². The summed E-state index contributed by atoms with van der Waals surface area (Å²) < 4.78 is 8.59. The monoisotopic (exact) mass is 173 g/mol. The lowest BCUT2D eigenvalue weighted by Crippen LogP contribution is -2.19. The van der Waals surface area contributed by atoms with E-state index in [0.717, 1.165) is 0 Å². The van der Waals surface area contributed by atoms with E-state index in [4.69, 9.17) is 0 Å². The van der Waals surface area contributed by atoms with Gasteiger partial charge >= 0.3 is 0 Å². The number of hydrogen-bond donors (Lipinski definition) is 0. The van der Waals surface area contributed by atoms with Crippen LogP contribution in [0, 0.1) is 0 Å². The normalized spacial score (nSPS) is 8.42. The second-order valence-electron chi connectivity index (χ2n) is 1.73. The first kappa shape index (κ1) is 10.3. The largest absolute Gasteiger partial charge is 0.465 e. The zero-order valence-corrected chi connectivity index (χ0v) is 6.13. The minimum atomic E-state index is -0.669. The highest BCUT2D eigenvalue weighted by atomic mass is 16.5. The van der Waals surface area contributed by atoms with Crippen LogP contribution >= 0.6 is 0 Å². The Morgan fingerprint density at radius 3 is 2.08 bits per heavy atom. The van der Waals surface area contributed by atoms with Crippen molar-refractivity contribution in [2.24, 2.45) is 4.99 Å². The molecule has 0 unspecified atom stereocenters. The van der Waals surface area contributed by atoms with Crippen LogP contribution in [-0.2, 0) is 23.9 Å². The maximum Gasteiger partial charge on any atom is 0.293 e. The predicted octanol–water partition coefficient (Wildman–Crippen LogP) is -0.963. The van der Waals surface area contributed by atoms with Gasteiger partial charge in [-0.15, -0.1) is 0 Å². The highest BCUT2D eigenvalue weighted by molar-refractivity contribution is 5.38. The summed E-state index contributed by atoms with van der Waals surface area (Å²) in [4.78, 5) is 32.4. The first-order valence-electron chi connectivity index (χ1n) is 3.02. The summed E-state index contributed by atoms with van der Waals surface area (Å²) in [5.41, 5.74) is 0. The van der Waals surface area contributed by atoms with Crippen molar-refractivity contribution < 1.29 is 23.9 Å². The number of carbonyl (C=O) groups is 2. The van der Waals surface area contributed by atoms with Crippen molar-refractivity contribution in [1.82, 2.24) is 0 Å². The molecule has 0 bridgehead atoms. The third-order valence-corrected chi connectivity index (χ3v) is 0.949. The fraction of sp³-hybridized carbons (Fsp3) is 0.500. The molecule has 0 aromatic rings. The van der Waals surface area contributed by atoms with Gasteiger partial charge in [0.1, 0.15) is 19.3 Å². The summed E-state index contributed by atoms with van der Waals surface area (Å²) in [5, 5.41) is 0. The van der Waals surface area contributed by atoms with Gasteiger partial charge in [0.15, 0.2) is 0 Å². The number of aliphatic imine (C=N–C) groups is 1. The Bertz CT molecular complexity index is 174. The van der Waals surface area contributed by atoms with E-state index >= 15 is 0 Å². The summed E-state index contributed by atoms with van der Waals surface area (Å²) in [6.07, 6.45) is 1.27. The highest BCUT2D eigenvalue weighted by Crippen LogP contribution is 1.90. The third-order valence-electron chi connectivity index (χ3n) is 0.949. The molecular formula is C6H7NO5. The molecule has 0 saturated carbocycles. The van der Waals surface area contributed by atoms with Crippen LogP contribution in [0.5, 0.6) is 0 Å². The van der Waals surface area contributed by atoms with E-state index < -0.39 is 6.04 Å². The summed E-state index contributed by atoms with van der Waals surface area (Å²) >= 11 is 0. The second kappa shape index (κ2) is 7.43. The van der Waals surface area contributed by atoms with Crippen LogP contribution in [0.15, 0.2) is 4.99 Å². The molecule has 0 rings (SSSR count). The van der Waals surface area contributed by atoms with Crippen molar-refractivity contribution in [2.45, 2.75) is 6.04 Å². The second-order valence-corrected chi connectivity index (χ2v) is 1.73. The smallest absolute Gasteiger partial charge is 0.293 e. The van der Waals surface area contributed by atoms with Crippen LogP contribution in [0.2, 0.25) is 0 Å².